The van der Waals surface area contributed by atoms with E-state index in [-0.39, 0.29) is 48.4 Å². The Morgan fingerprint density at radius 1 is 1.15 bits per heavy atom. The van der Waals surface area contributed by atoms with Crippen molar-refractivity contribution < 1.29 is 38.4 Å². The van der Waals surface area contributed by atoms with E-state index >= 15 is 0 Å². The molecule has 10 heteroatoms. The zero-order chi connectivity index (χ0) is 33.4. The van der Waals surface area contributed by atoms with Crippen LogP contribution in [0, 0.1) is 5.92 Å². The highest BCUT2D eigenvalue weighted by Crippen LogP contribution is 2.43. The minimum atomic E-state index is -0.799. The fourth-order valence-electron chi connectivity index (χ4n) is 6.21. The number of rotatable bonds is 13. The molecular weight excluding hydrogens is 588 g/mol. The van der Waals surface area contributed by atoms with Gasteiger partial charge in [-0.3, -0.25) is 14.4 Å². The Morgan fingerprint density at radius 2 is 1.87 bits per heavy atom. The first-order valence-corrected chi connectivity index (χ1v) is 16.3. The van der Waals surface area contributed by atoms with Crippen molar-refractivity contribution in [2.45, 2.75) is 121 Å². The van der Waals surface area contributed by atoms with Crippen molar-refractivity contribution in [1.82, 2.24) is 5.32 Å². The van der Waals surface area contributed by atoms with Gasteiger partial charge >= 0.3 is 5.97 Å². The van der Waals surface area contributed by atoms with Crippen molar-refractivity contribution in [3.05, 3.63) is 65.8 Å². The van der Waals surface area contributed by atoms with Gasteiger partial charge in [-0.1, -0.05) is 42.9 Å². The molecule has 3 heterocycles. The predicted octanol–water partition coefficient (Wildman–Crippen LogP) is 4.15. The van der Waals surface area contributed by atoms with Crippen molar-refractivity contribution in [2.24, 2.45) is 5.92 Å². The molecular formula is C36H50N2O8. The normalized spacial score (nSPS) is 32.0. The Bertz CT molecular complexity index is 1300. The second-order valence-electron chi connectivity index (χ2n) is 13.1. The number of epoxide rings is 1. The molecule has 0 saturated carbocycles. The minimum Gasteiger partial charge on any atom is -0.459 e. The number of nitrogens with one attached hydrogen (secondary N) is 1. The summed E-state index contributed by atoms with van der Waals surface area (Å²) >= 11 is 0. The van der Waals surface area contributed by atoms with Gasteiger partial charge < -0.3 is 35.1 Å². The lowest BCUT2D eigenvalue weighted by Gasteiger charge is -2.39. The fourth-order valence-corrected chi connectivity index (χ4v) is 6.21. The highest BCUT2D eigenvalue weighted by atomic mass is 16.6. The number of ketones is 1. The lowest BCUT2D eigenvalue weighted by molar-refractivity contribution is -0.144. The largest absolute Gasteiger partial charge is 0.459 e. The van der Waals surface area contributed by atoms with Gasteiger partial charge in [0.15, 0.2) is 0 Å². The molecule has 0 aromatic heterocycles. The zero-order valence-electron chi connectivity index (χ0n) is 27.6. The number of benzene rings is 1. The van der Waals surface area contributed by atoms with Crippen LogP contribution in [0.1, 0.15) is 72.3 Å². The summed E-state index contributed by atoms with van der Waals surface area (Å²) in [7, 11) is 0. The molecule has 3 saturated heterocycles. The van der Waals surface area contributed by atoms with Crippen LogP contribution in [0.25, 0.3) is 0 Å². The van der Waals surface area contributed by atoms with E-state index in [4.69, 9.17) is 24.7 Å². The Morgan fingerprint density at radius 3 is 2.54 bits per heavy atom. The molecule has 9 atom stereocenters. The third kappa shape index (κ3) is 10.4. The molecule has 0 radical (unpaired) electrons. The van der Waals surface area contributed by atoms with Gasteiger partial charge in [-0.2, -0.15) is 0 Å². The number of aryl methyl sites for hydroxylation is 1. The summed E-state index contributed by atoms with van der Waals surface area (Å²) in [6.45, 7) is 9.57. The van der Waals surface area contributed by atoms with Crippen LogP contribution in [-0.4, -0.2) is 77.6 Å². The number of hydrogen-bond donors (Lipinski definition) is 3. The van der Waals surface area contributed by atoms with Crippen molar-refractivity contribution in [3.63, 3.8) is 0 Å². The number of carbonyl (C=O) groups excluding carboxylic acids is 3. The molecule has 0 aliphatic carbocycles. The third-order valence-corrected chi connectivity index (χ3v) is 9.05. The quantitative estimate of drug-likeness (QED) is 0.0952. The number of carbonyl (C=O) groups is 3. The van der Waals surface area contributed by atoms with Crippen molar-refractivity contribution in [2.75, 3.05) is 12.3 Å². The van der Waals surface area contributed by atoms with E-state index in [9.17, 15) is 19.5 Å². The summed E-state index contributed by atoms with van der Waals surface area (Å²) in [5, 5.41) is 14.0. The van der Waals surface area contributed by atoms with Crippen LogP contribution < -0.4 is 11.1 Å². The summed E-state index contributed by atoms with van der Waals surface area (Å²) in [4.78, 5) is 36.3. The number of allylic oxidation sites excluding steroid dienone is 2. The maximum absolute atomic E-state index is 12.8. The number of aliphatic hydroxyl groups excluding tert-OH is 1. The number of ether oxygens (including phenoxy) is 4. The summed E-state index contributed by atoms with van der Waals surface area (Å²) < 4.78 is 23.2. The zero-order valence-corrected chi connectivity index (χ0v) is 27.6. The molecule has 252 valence electrons. The molecule has 1 aromatic rings. The topological polar surface area (TPSA) is 150 Å². The minimum absolute atomic E-state index is 0.00526. The van der Waals surface area contributed by atoms with Crippen LogP contribution in [0.15, 0.2) is 60.2 Å². The number of nitrogens with two attached hydrogens (primary N) is 1. The first-order valence-electron chi connectivity index (χ1n) is 16.3. The van der Waals surface area contributed by atoms with Crippen LogP contribution in [-0.2, 0) is 39.8 Å². The summed E-state index contributed by atoms with van der Waals surface area (Å²) in [5.41, 5.74) is 7.89. The highest BCUT2D eigenvalue weighted by molar-refractivity contribution is 5.87. The number of amides is 1. The smallest absolute Gasteiger partial charge is 0.303 e. The van der Waals surface area contributed by atoms with Crippen LogP contribution in [0.5, 0.6) is 0 Å². The SMILES string of the molecule is CC(=O)O[C@@H](C)/C=C\C(=O)N[C@@H]1C[C@H](C)[C@H](C/C=C(C)/C=C/[C@H]2O[C@H](CC(=O)CCc3ccc(N)cc3)C[C@@]3(CO3)[C@@H]2O)O[C@@H]1C. The number of aliphatic hydroxyl groups is 1. The van der Waals surface area contributed by atoms with Gasteiger partial charge in [-0.25, -0.2) is 0 Å². The molecule has 1 amide bonds. The lowest BCUT2D eigenvalue weighted by Crippen LogP contribution is -2.50. The van der Waals surface area contributed by atoms with Gasteiger partial charge in [0.2, 0.25) is 5.91 Å². The Kier molecular flexibility index (Phi) is 12.4. The number of nitrogen functional groups attached to an aromatic ring is 1. The van der Waals surface area contributed by atoms with E-state index < -0.39 is 29.9 Å². The van der Waals surface area contributed by atoms with Gasteiger partial charge in [0, 0.05) is 37.9 Å². The third-order valence-electron chi connectivity index (χ3n) is 9.05. The van der Waals surface area contributed by atoms with E-state index in [0.717, 1.165) is 17.6 Å². The highest BCUT2D eigenvalue weighted by Gasteiger charge is 2.58. The molecule has 4 N–H and O–H groups in total. The van der Waals surface area contributed by atoms with E-state index in [0.29, 0.717) is 38.0 Å². The van der Waals surface area contributed by atoms with Crippen LogP contribution >= 0.6 is 0 Å². The first kappa shape index (κ1) is 35.5. The van der Waals surface area contributed by atoms with Crippen LogP contribution in [0.4, 0.5) is 5.69 Å². The van der Waals surface area contributed by atoms with Crippen LogP contribution in [0.2, 0.25) is 0 Å². The molecule has 4 rings (SSSR count). The van der Waals surface area contributed by atoms with Gasteiger partial charge in [-0.15, -0.1) is 0 Å². The first-order chi connectivity index (χ1) is 21.8. The Hall–Kier alpha value is -3.31. The predicted molar refractivity (Wildman–Crippen MR) is 175 cm³/mol. The summed E-state index contributed by atoms with van der Waals surface area (Å²) in [6.07, 6.45) is 9.85. The second kappa shape index (κ2) is 16.0. The molecule has 0 unspecified atom stereocenters. The number of Topliss-reactive ketones (excluding diaryl/α,β-unsaturated/α-hetero) is 1. The maximum Gasteiger partial charge on any atom is 0.303 e. The Balaban J connectivity index is 1.25. The Labute approximate surface area is 272 Å². The summed E-state index contributed by atoms with van der Waals surface area (Å²) in [6, 6.07) is 7.43. The molecule has 3 aliphatic heterocycles. The number of esters is 1. The second-order valence-corrected chi connectivity index (χ2v) is 13.1. The van der Waals surface area contributed by atoms with Gasteiger partial charge in [0.1, 0.15) is 29.7 Å². The molecule has 10 nitrogen and oxygen atoms in total. The van der Waals surface area contributed by atoms with E-state index in [1.54, 1.807) is 13.0 Å². The molecule has 46 heavy (non-hydrogen) atoms. The maximum atomic E-state index is 12.8. The van der Waals surface area contributed by atoms with Crippen molar-refractivity contribution >= 4 is 23.3 Å². The molecule has 0 bridgehead atoms. The molecule has 3 fully saturated rings. The molecule has 1 aromatic carbocycles. The van der Waals surface area contributed by atoms with Crippen LogP contribution in [0.3, 0.4) is 0 Å². The fraction of sp³-hybridized carbons (Fsp3) is 0.583. The van der Waals surface area contributed by atoms with E-state index in [2.05, 4.69) is 18.3 Å². The number of anilines is 1. The average molecular weight is 639 g/mol. The average Bonchev–Trinajstić information content (AvgIpc) is 3.77. The molecule has 1 spiro atoms. The molecule has 3 aliphatic rings. The monoisotopic (exact) mass is 638 g/mol. The van der Waals surface area contributed by atoms with E-state index in [1.165, 1.54) is 13.0 Å². The number of hydrogen-bond acceptors (Lipinski definition) is 9. The van der Waals surface area contributed by atoms with E-state index in [1.807, 2.05) is 50.3 Å². The standard InChI is InChI=1S/C36H50N2O8/c1-22(6-15-32-23(2)18-31(25(4)45-32)38-34(41)17-8-24(3)44-26(5)39)7-16-33-35(42)36(21-43-36)20-30(46-33)19-29(40)14-11-27-9-12-28(37)13-10-27/h6-10,12-13,16-17,23-25,30-33,35,42H,11,14-15,18-21,37H2,1-5H3,(H,38,41)/b16-7+,17-8-,22-6+/t23-,24-,25+,30+,31+,32-,33+,35+,36+/m0/s1. The van der Waals surface area contributed by atoms with Gasteiger partial charge in [0.05, 0.1) is 31.0 Å². The van der Waals surface area contributed by atoms with Crippen molar-refractivity contribution in [3.8, 4) is 0 Å². The van der Waals surface area contributed by atoms with Gasteiger partial charge in [0.25, 0.3) is 0 Å². The summed E-state index contributed by atoms with van der Waals surface area (Å²) in [5.74, 6) is -0.309. The lowest BCUT2D eigenvalue weighted by atomic mass is 9.86. The van der Waals surface area contributed by atoms with Gasteiger partial charge in [-0.05, 0) is 69.7 Å². The van der Waals surface area contributed by atoms with Crippen molar-refractivity contribution in [1.29, 1.82) is 0 Å².